The van der Waals surface area contributed by atoms with Gasteiger partial charge in [-0.2, -0.15) is 18.3 Å². The molecule has 290 valence electrons. The number of hydrogen-bond acceptors (Lipinski definition) is 9. The molecule has 54 heavy (non-hydrogen) atoms. The van der Waals surface area contributed by atoms with Gasteiger partial charge in [0.1, 0.15) is 22.8 Å². The van der Waals surface area contributed by atoms with Crippen LogP contribution in [0, 0.1) is 12.3 Å². The number of piperidine rings is 2. The molecule has 2 aromatic carbocycles. The first kappa shape index (κ1) is 36.8. The molecule has 2 aromatic heterocycles. The van der Waals surface area contributed by atoms with Gasteiger partial charge in [0.05, 0.1) is 31.0 Å². The summed E-state index contributed by atoms with van der Waals surface area (Å²) in [5.41, 5.74) is 3.79. The molecular formula is C40H50F3N7O4. The standard InChI is InChI=1S/C40H50F3N7O4/c1-6-25-17-28-33(34(53-23-40(41,42)43)32(25)31-24(2)7-8-30-29(31)18-44-47-30)45-35(26-9-13-48(14-10-26)27-19-52-20-27)46-36(28)49-15-11-39(12-16-49)21-50(22-39)37(51)54-38(3,4)5/h7-8,17-18,26-27H,6,9-16,19-23H2,1-5H3,(H,44,47). The number of H-pyrrole nitrogens is 1. The summed E-state index contributed by atoms with van der Waals surface area (Å²) in [6, 6.07) is 6.39. The number of amides is 1. The zero-order chi connectivity index (χ0) is 38.0. The van der Waals surface area contributed by atoms with Crippen molar-refractivity contribution in [2.24, 2.45) is 5.41 Å². The lowest BCUT2D eigenvalue weighted by Crippen LogP contribution is -2.62. The van der Waals surface area contributed by atoms with E-state index in [9.17, 15) is 18.0 Å². The Labute approximate surface area is 313 Å². The van der Waals surface area contributed by atoms with Crippen LogP contribution in [0.3, 0.4) is 0 Å². The molecule has 6 heterocycles. The molecule has 0 bridgehead atoms. The summed E-state index contributed by atoms with van der Waals surface area (Å²) in [4.78, 5) is 29.8. The summed E-state index contributed by atoms with van der Waals surface area (Å²) in [5, 5.41) is 8.80. The number of halogens is 3. The van der Waals surface area contributed by atoms with E-state index in [4.69, 9.17) is 24.2 Å². The van der Waals surface area contributed by atoms with E-state index in [1.807, 2.05) is 46.8 Å². The molecule has 1 spiro atoms. The van der Waals surface area contributed by atoms with Gasteiger partial charge in [-0.1, -0.05) is 13.0 Å². The van der Waals surface area contributed by atoms with Gasteiger partial charge < -0.3 is 24.0 Å². The number of rotatable bonds is 7. The third-order valence-corrected chi connectivity index (χ3v) is 11.7. The Balaban J connectivity index is 1.21. The van der Waals surface area contributed by atoms with Gasteiger partial charge in [0, 0.05) is 53.8 Å². The first-order valence-corrected chi connectivity index (χ1v) is 19.3. The van der Waals surface area contributed by atoms with Crippen LogP contribution in [0.1, 0.15) is 76.2 Å². The van der Waals surface area contributed by atoms with Crippen LogP contribution in [0.15, 0.2) is 24.4 Å². The van der Waals surface area contributed by atoms with Gasteiger partial charge in [-0.15, -0.1) is 0 Å². The zero-order valence-corrected chi connectivity index (χ0v) is 31.8. The van der Waals surface area contributed by atoms with Gasteiger partial charge in [-0.3, -0.25) is 10.00 Å². The van der Waals surface area contributed by atoms with E-state index < -0.39 is 18.4 Å². The maximum atomic E-state index is 14.1. The van der Waals surface area contributed by atoms with Crippen molar-refractivity contribution in [3.05, 3.63) is 41.3 Å². The lowest BCUT2D eigenvalue weighted by Gasteiger charge is -2.53. The molecule has 0 radical (unpaired) electrons. The quantitative estimate of drug-likeness (QED) is 0.207. The number of aryl methyl sites for hydroxylation is 2. The normalized spacial score (nSPS) is 20.1. The maximum Gasteiger partial charge on any atom is 0.422 e. The molecule has 14 heteroatoms. The van der Waals surface area contributed by atoms with Crippen molar-refractivity contribution in [1.29, 1.82) is 0 Å². The molecule has 4 aromatic rings. The fraction of sp³-hybridized carbons (Fsp3) is 0.600. The first-order chi connectivity index (χ1) is 25.7. The summed E-state index contributed by atoms with van der Waals surface area (Å²) >= 11 is 0. The largest absolute Gasteiger partial charge is 0.481 e. The Bertz CT molecular complexity index is 2030. The molecule has 4 saturated heterocycles. The molecule has 4 fully saturated rings. The average molecular weight is 750 g/mol. The number of nitrogens with zero attached hydrogens (tertiary/aromatic N) is 6. The van der Waals surface area contributed by atoms with Crippen LogP contribution < -0.4 is 9.64 Å². The molecule has 4 aliphatic rings. The Morgan fingerprint density at radius 1 is 1.02 bits per heavy atom. The van der Waals surface area contributed by atoms with E-state index >= 15 is 0 Å². The van der Waals surface area contributed by atoms with Crippen molar-refractivity contribution in [2.75, 3.05) is 64.0 Å². The van der Waals surface area contributed by atoms with Crippen molar-refractivity contribution in [1.82, 2.24) is 30.0 Å². The molecule has 8 rings (SSSR count). The van der Waals surface area contributed by atoms with Crippen molar-refractivity contribution in [2.45, 2.75) is 90.5 Å². The Morgan fingerprint density at radius 2 is 1.74 bits per heavy atom. The number of aromatic nitrogens is 4. The minimum Gasteiger partial charge on any atom is -0.481 e. The van der Waals surface area contributed by atoms with Crippen molar-refractivity contribution in [3.63, 3.8) is 0 Å². The van der Waals surface area contributed by atoms with Gasteiger partial charge in [-0.25, -0.2) is 14.8 Å². The van der Waals surface area contributed by atoms with Crippen LogP contribution in [-0.2, 0) is 15.9 Å². The lowest BCUT2D eigenvalue weighted by molar-refractivity contribution is -0.153. The fourth-order valence-corrected chi connectivity index (χ4v) is 8.71. The predicted molar refractivity (Wildman–Crippen MR) is 200 cm³/mol. The van der Waals surface area contributed by atoms with Gasteiger partial charge in [0.15, 0.2) is 12.4 Å². The summed E-state index contributed by atoms with van der Waals surface area (Å²) in [5.74, 6) is 1.55. The number of alkyl halides is 3. The monoisotopic (exact) mass is 749 g/mol. The van der Waals surface area contributed by atoms with Crippen LogP contribution in [0.5, 0.6) is 5.75 Å². The van der Waals surface area contributed by atoms with E-state index in [1.165, 1.54) is 0 Å². The number of anilines is 1. The number of hydrogen-bond donors (Lipinski definition) is 1. The average Bonchev–Trinajstić information content (AvgIpc) is 3.56. The molecule has 4 aliphatic heterocycles. The molecular weight excluding hydrogens is 699 g/mol. The smallest absolute Gasteiger partial charge is 0.422 e. The molecule has 0 unspecified atom stereocenters. The number of nitrogens with one attached hydrogen (secondary N) is 1. The minimum atomic E-state index is -4.56. The Kier molecular flexibility index (Phi) is 9.43. The number of ether oxygens (including phenoxy) is 3. The Morgan fingerprint density at radius 3 is 2.37 bits per heavy atom. The summed E-state index contributed by atoms with van der Waals surface area (Å²) in [6.45, 7) is 14.1. The van der Waals surface area contributed by atoms with Gasteiger partial charge in [-0.05, 0) is 102 Å². The highest BCUT2D eigenvalue weighted by atomic mass is 19.4. The third kappa shape index (κ3) is 7.07. The van der Waals surface area contributed by atoms with Crippen LogP contribution >= 0.6 is 0 Å². The van der Waals surface area contributed by atoms with Gasteiger partial charge >= 0.3 is 12.3 Å². The fourth-order valence-electron chi connectivity index (χ4n) is 8.71. The first-order valence-electron chi connectivity index (χ1n) is 19.3. The van der Waals surface area contributed by atoms with E-state index in [0.717, 1.165) is 85.4 Å². The second kappa shape index (κ2) is 13.8. The van der Waals surface area contributed by atoms with Crippen molar-refractivity contribution >= 4 is 33.7 Å². The highest BCUT2D eigenvalue weighted by Gasteiger charge is 2.48. The lowest BCUT2D eigenvalue weighted by atomic mass is 9.72. The van der Waals surface area contributed by atoms with Gasteiger partial charge in [0.25, 0.3) is 0 Å². The van der Waals surface area contributed by atoms with E-state index in [0.29, 0.717) is 60.9 Å². The third-order valence-electron chi connectivity index (χ3n) is 11.7. The second-order valence-electron chi connectivity index (χ2n) is 16.7. The number of likely N-dealkylation sites (tertiary alicyclic amines) is 2. The summed E-state index contributed by atoms with van der Waals surface area (Å²) in [7, 11) is 0. The maximum absolute atomic E-state index is 14.1. The topological polar surface area (TPSA) is 109 Å². The number of aromatic amines is 1. The molecule has 0 aliphatic carbocycles. The van der Waals surface area contributed by atoms with E-state index in [1.54, 1.807) is 11.1 Å². The van der Waals surface area contributed by atoms with Gasteiger partial charge in [0.2, 0.25) is 0 Å². The molecule has 1 N–H and O–H groups in total. The van der Waals surface area contributed by atoms with Crippen LogP contribution in [0.25, 0.3) is 32.9 Å². The summed E-state index contributed by atoms with van der Waals surface area (Å²) < 4.78 is 59.2. The molecule has 11 nitrogen and oxygen atoms in total. The Hall–Kier alpha value is -4.17. The van der Waals surface area contributed by atoms with Crippen LogP contribution in [0.2, 0.25) is 0 Å². The van der Waals surface area contributed by atoms with E-state index in [2.05, 4.69) is 26.1 Å². The highest BCUT2D eigenvalue weighted by Crippen LogP contribution is 2.48. The molecule has 1 amide bonds. The number of fused-ring (bicyclic) bond motifs is 2. The van der Waals surface area contributed by atoms with E-state index in [-0.39, 0.29) is 23.2 Å². The molecule has 0 saturated carbocycles. The van der Waals surface area contributed by atoms with Crippen LogP contribution in [-0.4, -0.2) is 113 Å². The van der Waals surface area contributed by atoms with Crippen molar-refractivity contribution in [3.8, 4) is 16.9 Å². The number of carbonyl (C=O) groups excluding carboxylic acids is 1. The second-order valence-corrected chi connectivity index (χ2v) is 16.7. The number of carbonyl (C=O) groups is 1. The SMILES string of the molecule is CCc1cc2c(N3CCC4(CC3)CN(C(=O)OC(C)(C)C)C4)nc(C3CCN(C4COC4)CC3)nc2c(OCC(F)(F)F)c1-c1c(C)ccc2[nH]ncc12. The zero-order valence-electron chi connectivity index (χ0n) is 31.8. The van der Waals surface area contributed by atoms with Crippen molar-refractivity contribution < 1.29 is 32.2 Å². The minimum absolute atomic E-state index is 0.000662. The molecule has 0 atom stereocenters. The van der Waals surface area contributed by atoms with Crippen LogP contribution in [0.4, 0.5) is 23.8 Å². The predicted octanol–water partition coefficient (Wildman–Crippen LogP) is 7.40. The summed E-state index contributed by atoms with van der Waals surface area (Å²) in [6.07, 6.45) is 0.828. The number of benzene rings is 2. The highest BCUT2D eigenvalue weighted by molar-refractivity contribution is 6.05.